The highest BCUT2D eigenvalue weighted by Gasteiger charge is 2.21. The van der Waals surface area contributed by atoms with E-state index in [1.54, 1.807) is 36.3 Å². The van der Waals surface area contributed by atoms with Crippen molar-refractivity contribution in [2.45, 2.75) is 13.8 Å². The number of rotatable bonds is 7. The minimum absolute atomic E-state index is 0.0534. The van der Waals surface area contributed by atoms with Gasteiger partial charge in [-0.2, -0.15) is 0 Å². The first kappa shape index (κ1) is 21.7. The normalized spacial score (nSPS) is 14.4. The zero-order chi connectivity index (χ0) is 21.5. The van der Waals surface area contributed by atoms with Crippen molar-refractivity contribution >= 4 is 17.7 Å². The van der Waals surface area contributed by atoms with Crippen LogP contribution in [-0.4, -0.2) is 50.7 Å². The van der Waals surface area contributed by atoms with Crippen LogP contribution in [-0.2, 0) is 4.79 Å². The van der Waals surface area contributed by atoms with Crippen LogP contribution in [0.3, 0.4) is 0 Å². The van der Waals surface area contributed by atoms with Crippen LogP contribution in [0.15, 0.2) is 48.5 Å². The van der Waals surface area contributed by atoms with Crippen molar-refractivity contribution in [1.82, 2.24) is 4.90 Å². The van der Waals surface area contributed by atoms with Gasteiger partial charge in [0.05, 0.1) is 19.4 Å². The van der Waals surface area contributed by atoms with E-state index in [0.29, 0.717) is 55.9 Å². The second-order valence-corrected chi connectivity index (χ2v) is 7.71. The Kier molecular flexibility index (Phi) is 7.33. The topological polar surface area (TPSA) is 42.0 Å². The maximum atomic E-state index is 14.0. The van der Waals surface area contributed by atoms with E-state index in [0.717, 1.165) is 5.56 Å². The lowest BCUT2D eigenvalue weighted by Gasteiger charge is -2.35. The Bertz CT molecular complexity index is 890. The van der Waals surface area contributed by atoms with Crippen LogP contribution in [0.5, 0.6) is 11.5 Å². The summed E-state index contributed by atoms with van der Waals surface area (Å²) in [5.41, 5.74) is 1.45. The van der Waals surface area contributed by atoms with Crippen LogP contribution in [0.25, 0.3) is 6.08 Å². The van der Waals surface area contributed by atoms with Crippen molar-refractivity contribution in [2.75, 3.05) is 44.8 Å². The number of carbonyl (C=O) groups is 1. The molecule has 1 heterocycles. The summed E-state index contributed by atoms with van der Waals surface area (Å²) in [6.45, 7) is 7.12. The van der Waals surface area contributed by atoms with Crippen LogP contribution in [0.1, 0.15) is 19.4 Å². The van der Waals surface area contributed by atoms with Gasteiger partial charge >= 0.3 is 0 Å². The Hall–Kier alpha value is -3.02. The van der Waals surface area contributed by atoms with Gasteiger partial charge < -0.3 is 19.3 Å². The largest absolute Gasteiger partial charge is 0.493 e. The van der Waals surface area contributed by atoms with Crippen molar-refractivity contribution in [2.24, 2.45) is 5.92 Å². The molecule has 0 atom stereocenters. The fourth-order valence-electron chi connectivity index (χ4n) is 3.31. The molecule has 1 aliphatic rings. The quantitative estimate of drug-likeness (QED) is 0.639. The van der Waals surface area contributed by atoms with Gasteiger partial charge in [-0.25, -0.2) is 4.39 Å². The summed E-state index contributed by atoms with van der Waals surface area (Å²) < 4.78 is 25.1. The highest BCUT2D eigenvalue weighted by Crippen LogP contribution is 2.29. The number of benzene rings is 2. The maximum Gasteiger partial charge on any atom is 0.246 e. The van der Waals surface area contributed by atoms with E-state index in [9.17, 15) is 9.18 Å². The number of piperazine rings is 1. The zero-order valence-corrected chi connectivity index (χ0v) is 17.8. The summed E-state index contributed by atoms with van der Waals surface area (Å²) in [7, 11) is 1.60. The molecule has 0 N–H and O–H groups in total. The first-order valence-corrected chi connectivity index (χ1v) is 10.2. The van der Waals surface area contributed by atoms with E-state index >= 15 is 0 Å². The lowest BCUT2D eigenvalue weighted by Crippen LogP contribution is -2.48. The molecule has 1 aliphatic heterocycles. The molecule has 1 saturated heterocycles. The molecule has 0 aliphatic carbocycles. The van der Waals surface area contributed by atoms with Crippen molar-refractivity contribution in [1.29, 1.82) is 0 Å². The SMILES string of the molecule is COc1cc(/C=C/C(=O)N2CCN(c3ccccc3F)CC2)ccc1OCC(C)C. The molecule has 1 amide bonds. The van der Waals surface area contributed by atoms with Crippen LogP contribution in [0, 0.1) is 11.7 Å². The summed E-state index contributed by atoms with van der Waals surface area (Å²) in [5, 5.41) is 0. The molecule has 0 spiro atoms. The summed E-state index contributed by atoms with van der Waals surface area (Å²) in [4.78, 5) is 16.3. The van der Waals surface area contributed by atoms with E-state index < -0.39 is 0 Å². The summed E-state index contributed by atoms with van der Waals surface area (Å²) >= 11 is 0. The Morgan fingerprint density at radius 2 is 1.83 bits per heavy atom. The molecular weight excluding hydrogens is 383 g/mol. The number of hydrogen-bond donors (Lipinski definition) is 0. The molecule has 0 aromatic heterocycles. The Morgan fingerprint density at radius 1 is 1.10 bits per heavy atom. The van der Waals surface area contributed by atoms with Crippen molar-refractivity contribution < 1.29 is 18.7 Å². The summed E-state index contributed by atoms with van der Waals surface area (Å²) in [5.74, 6) is 1.47. The molecule has 5 nitrogen and oxygen atoms in total. The van der Waals surface area contributed by atoms with Gasteiger partial charge in [0.2, 0.25) is 5.91 Å². The van der Waals surface area contributed by atoms with E-state index in [2.05, 4.69) is 13.8 Å². The number of methoxy groups -OCH3 is 1. The molecule has 30 heavy (non-hydrogen) atoms. The number of hydrogen-bond acceptors (Lipinski definition) is 4. The molecule has 160 valence electrons. The van der Waals surface area contributed by atoms with Gasteiger partial charge in [-0.1, -0.05) is 32.0 Å². The fraction of sp³-hybridized carbons (Fsp3) is 0.375. The third kappa shape index (κ3) is 5.53. The number of nitrogens with zero attached hydrogens (tertiary/aromatic N) is 2. The molecule has 2 aromatic rings. The number of carbonyl (C=O) groups excluding carboxylic acids is 1. The molecule has 0 bridgehead atoms. The van der Waals surface area contributed by atoms with Crippen LogP contribution in [0.2, 0.25) is 0 Å². The zero-order valence-electron chi connectivity index (χ0n) is 17.8. The summed E-state index contributed by atoms with van der Waals surface area (Å²) in [6, 6.07) is 12.4. The van der Waals surface area contributed by atoms with Gasteiger partial charge in [0.15, 0.2) is 11.5 Å². The molecule has 1 fully saturated rings. The first-order valence-electron chi connectivity index (χ1n) is 10.2. The van der Waals surface area contributed by atoms with Crippen molar-refractivity contribution in [3.63, 3.8) is 0 Å². The average Bonchev–Trinajstić information content (AvgIpc) is 2.76. The fourth-order valence-corrected chi connectivity index (χ4v) is 3.31. The van der Waals surface area contributed by atoms with Gasteiger partial charge in [-0.3, -0.25) is 4.79 Å². The number of amides is 1. The van der Waals surface area contributed by atoms with Crippen molar-refractivity contribution in [3.05, 3.63) is 59.9 Å². The van der Waals surface area contributed by atoms with E-state index in [-0.39, 0.29) is 11.7 Å². The van der Waals surface area contributed by atoms with E-state index in [1.807, 2.05) is 29.2 Å². The molecule has 0 radical (unpaired) electrons. The Balaban J connectivity index is 1.58. The smallest absolute Gasteiger partial charge is 0.246 e. The lowest BCUT2D eigenvalue weighted by molar-refractivity contribution is -0.126. The predicted octanol–water partition coefficient (Wildman–Crippen LogP) is 4.23. The van der Waals surface area contributed by atoms with Gasteiger partial charge in [0.1, 0.15) is 5.82 Å². The van der Waals surface area contributed by atoms with Gasteiger partial charge in [0, 0.05) is 32.3 Å². The van der Waals surface area contributed by atoms with Gasteiger partial charge in [0.25, 0.3) is 0 Å². The van der Waals surface area contributed by atoms with Gasteiger partial charge in [-0.15, -0.1) is 0 Å². The third-order valence-electron chi connectivity index (χ3n) is 4.96. The molecule has 6 heteroatoms. The highest BCUT2D eigenvalue weighted by atomic mass is 19.1. The highest BCUT2D eigenvalue weighted by molar-refractivity contribution is 5.92. The van der Waals surface area contributed by atoms with Crippen LogP contribution in [0.4, 0.5) is 10.1 Å². The minimum atomic E-state index is -0.230. The molecule has 2 aromatic carbocycles. The Morgan fingerprint density at radius 3 is 2.50 bits per heavy atom. The van der Waals surface area contributed by atoms with Crippen LogP contribution < -0.4 is 14.4 Å². The molecule has 3 rings (SSSR count). The molecular formula is C24H29FN2O3. The van der Waals surface area contributed by atoms with E-state index in [4.69, 9.17) is 9.47 Å². The monoisotopic (exact) mass is 412 g/mol. The average molecular weight is 413 g/mol. The third-order valence-corrected chi connectivity index (χ3v) is 4.96. The predicted molar refractivity (Wildman–Crippen MR) is 118 cm³/mol. The number of halogens is 1. The minimum Gasteiger partial charge on any atom is -0.493 e. The lowest BCUT2D eigenvalue weighted by atomic mass is 10.1. The molecule has 0 saturated carbocycles. The van der Waals surface area contributed by atoms with Gasteiger partial charge in [-0.05, 0) is 41.8 Å². The maximum absolute atomic E-state index is 14.0. The number of anilines is 1. The number of ether oxygens (including phenoxy) is 2. The standard InChI is InChI=1S/C24H29FN2O3/c1-18(2)17-30-22-10-8-19(16-23(22)29-3)9-11-24(28)27-14-12-26(13-15-27)21-7-5-4-6-20(21)25/h4-11,16,18H,12-15,17H2,1-3H3/b11-9+. The summed E-state index contributed by atoms with van der Waals surface area (Å²) in [6.07, 6.45) is 3.35. The van der Waals surface area contributed by atoms with Crippen LogP contribution >= 0.6 is 0 Å². The van der Waals surface area contributed by atoms with Crippen molar-refractivity contribution in [3.8, 4) is 11.5 Å². The van der Waals surface area contributed by atoms with E-state index in [1.165, 1.54) is 6.07 Å². The molecule has 0 unspecified atom stereocenters. The first-order chi connectivity index (χ1) is 14.5. The Labute approximate surface area is 177 Å². The second kappa shape index (κ2) is 10.1. The number of para-hydroxylation sites is 1. The second-order valence-electron chi connectivity index (χ2n) is 7.71.